The van der Waals surface area contributed by atoms with E-state index < -0.39 is 70.8 Å². The minimum atomic E-state index is -2.63. The Labute approximate surface area is 348 Å². The highest BCUT2D eigenvalue weighted by Crippen LogP contribution is 2.55. The van der Waals surface area contributed by atoms with Crippen molar-refractivity contribution in [1.29, 1.82) is 0 Å². The highest BCUT2D eigenvalue weighted by Gasteiger charge is 2.79. The average molecular weight is 818 g/mol. The molecule has 3 rings (SSSR count). The summed E-state index contributed by atoms with van der Waals surface area (Å²) in [6.45, 7) is 29.3. The minimum Gasteiger partial charge on any atom is -0.458 e. The van der Waals surface area contributed by atoms with Crippen LogP contribution in [0.1, 0.15) is 135 Å². The fraction of sp³-hybridized carbons (Fsp3) is 0.696. The van der Waals surface area contributed by atoms with Gasteiger partial charge in [-0.2, -0.15) is 0 Å². The van der Waals surface area contributed by atoms with Crippen LogP contribution in [0.3, 0.4) is 0 Å². The Bertz CT molecular complexity index is 1530. The molecule has 2 heterocycles. The van der Waals surface area contributed by atoms with Crippen LogP contribution < -0.4 is 5.32 Å². The Morgan fingerprint density at radius 1 is 1.00 bits per heavy atom. The Hall–Kier alpha value is -3.58. The van der Waals surface area contributed by atoms with Gasteiger partial charge in [-0.25, -0.2) is 9.59 Å². The van der Waals surface area contributed by atoms with E-state index >= 15 is 0 Å². The number of esters is 3. The van der Waals surface area contributed by atoms with E-state index in [-0.39, 0.29) is 24.7 Å². The number of likely N-dealkylation sites (N-methyl/N-ethyl adjacent to an activating group) is 1. The van der Waals surface area contributed by atoms with E-state index in [0.29, 0.717) is 17.9 Å². The standard InChI is InChI=1S/C33H48O10.C11H21NO.C2H6/c1-20(26(39-23(4)34)21(2)18-24-14-12-11-13-15-24)16-17-32-25(35)19-31(43-32,27(36)41-29(5,6)7)33(38,22(3)40-32)28(37)42-30(8,9)10;1-5-9(2)8-10(3)6-7-11(13)12-4;1-2/h11-15,21-22,25-26,35,38H,1,16-19H2,2-10H3;6-7,9-10H,5,8H2,1-4H3,(H,12,13);1-2H3/b;7-6+;/t21-,22?,25-,26-,31?,32?,33?;9-,10+;/m10./s1. The molecule has 1 amide bonds. The van der Waals surface area contributed by atoms with Gasteiger partial charge in [-0.1, -0.05) is 91.0 Å². The molecule has 0 spiro atoms. The molecule has 12 heteroatoms. The Kier molecular flexibility index (Phi) is 20.0. The molecular formula is C46H75NO11. The zero-order valence-electron chi connectivity index (χ0n) is 38.0. The lowest BCUT2D eigenvalue weighted by molar-refractivity contribution is -0.377. The Morgan fingerprint density at radius 3 is 2.05 bits per heavy atom. The highest BCUT2D eigenvalue weighted by atomic mass is 16.8. The quantitative estimate of drug-likeness (QED) is 0.0692. The maximum absolute atomic E-state index is 13.8. The molecule has 1 aromatic rings. The maximum Gasteiger partial charge on any atom is 0.345 e. The van der Waals surface area contributed by atoms with Crippen molar-refractivity contribution >= 4 is 23.8 Å². The van der Waals surface area contributed by atoms with E-state index in [2.05, 4.69) is 32.7 Å². The molecule has 0 aliphatic carbocycles. The van der Waals surface area contributed by atoms with Crippen LogP contribution in [0.2, 0.25) is 0 Å². The lowest BCUT2D eigenvalue weighted by Gasteiger charge is -2.51. The van der Waals surface area contributed by atoms with Crippen LogP contribution in [0.15, 0.2) is 54.6 Å². The first-order chi connectivity index (χ1) is 26.8. The summed E-state index contributed by atoms with van der Waals surface area (Å²) in [5.41, 5.74) is -5.33. The summed E-state index contributed by atoms with van der Waals surface area (Å²) in [4.78, 5) is 50.2. The number of fused-ring (bicyclic) bond motifs is 2. The number of hydrogen-bond donors (Lipinski definition) is 3. The van der Waals surface area contributed by atoms with Crippen molar-refractivity contribution in [2.75, 3.05) is 7.05 Å². The average Bonchev–Trinajstić information content (AvgIpc) is 3.40. The predicted octanol–water partition coefficient (Wildman–Crippen LogP) is 7.57. The minimum absolute atomic E-state index is 0.0118. The zero-order valence-corrected chi connectivity index (χ0v) is 38.0. The SMILES string of the molecule is C=C(CCC12OC(C)C(O)(C(=O)OC(C)(C)C)C(C(=O)OC(C)(C)C)(C[C@H]1O)O2)[C@@H](OC(C)=O)[C@H](C)Cc1ccccc1.CC.CC[C@H](C)C[C@H](C)/C=C/C(=O)NC. The van der Waals surface area contributed by atoms with Crippen LogP contribution in [0.5, 0.6) is 0 Å². The Morgan fingerprint density at radius 2 is 1.55 bits per heavy atom. The number of carbonyl (C=O) groups excluding carboxylic acids is 4. The topological polar surface area (TPSA) is 167 Å². The van der Waals surface area contributed by atoms with Crippen LogP contribution in [-0.2, 0) is 49.3 Å². The van der Waals surface area contributed by atoms with E-state index in [1.165, 1.54) is 20.3 Å². The summed E-state index contributed by atoms with van der Waals surface area (Å²) in [7, 11) is 1.64. The second-order valence-corrected chi connectivity index (χ2v) is 17.5. The summed E-state index contributed by atoms with van der Waals surface area (Å²) in [5.74, 6) is -3.32. The number of nitrogens with one attached hydrogen (secondary N) is 1. The van der Waals surface area contributed by atoms with Gasteiger partial charge in [0.1, 0.15) is 29.5 Å². The molecule has 0 saturated carbocycles. The summed E-state index contributed by atoms with van der Waals surface area (Å²) >= 11 is 0. The molecule has 4 unspecified atom stereocenters. The van der Waals surface area contributed by atoms with Gasteiger partial charge < -0.3 is 39.2 Å². The number of amides is 1. The van der Waals surface area contributed by atoms with Crippen LogP contribution in [0.25, 0.3) is 0 Å². The van der Waals surface area contributed by atoms with Crippen LogP contribution >= 0.6 is 0 Å². The molecule has 0 aromatic heterocycles. The van der Waals surface area contributed by atoms with Crippen LogP contribution in [-0.4, -0.2) is 87.6 Å². The van der Waals surface area contributed by atoms with Crippen molar-refractivity contribution < 1.29 is 53.1 Å². The summed E-state index contributed by atoms with van der Waals surface area (Å²) in [6.07, 6.45) is 2.85. The predicted molar refractivity (Wildman–Crippen MR) is 225 cm³/mol. The monoisotopic (exact) mass is 818 g/mol. The second-order valence-electron chi connectivity index (χ2n) is 17.5. The molecule has 1 aromatic carbocycles. The fourth-order valence-corrected chi connectivity index (χ4v) is 7.05. The van der Waals surface area contributed by atoms with Crippen molar-refractivity contribution in [3.8, 4) is 0 Å². The third-order valence-electron chi connectivity index (χ3n) is 10.1. The molecule has 330 valence electrons. The maximum atomic E-state index is 13.8. The van der Waals surface area contributed by atoms with E-state index in [1.54, 1.807) is 54.7 Å². The first-order valence-electron chi connectivity index (χ1n) is 20.8. The lowest BCUT2D eigenvalue weighted by Crippen LogP contribution is -2.74. The van der Waals surface area contributed by atoms with Gasteiger partial charge in [-0.05, 0) is 96.8 Å². The number of allylic oxidation sites excluding steroid dienone is 1. The second kappa shape index (κ2) is 22.1. The number of carbonyl (C=O) groups is 4. The Balaban J connectivity index is 0.000000953. The van der Waals surface area contributed by atoms with Gasteiger partial charge in [0.15, 0.2) is 5.79 Å². The van der Waals surface area contributed by atoms with Crippen molar-refractivity contribution in [1.82, 2.24) is 5.32 Å². The largest absolute Gasteiger partial charge is 0.458 e. The third-order valence-corrected chi connectivity index (χ3v) is 10.1. The number of aliphatic hydroxyl groups excluding tert-OH is 1. The van der Waals surface area contributed by atoms with Gasteiger partial charge in [0.25, 0.3) is 0 Å². The van der Waals surface area contributed by atoms with Crippen molar-refractivity contribution in [3.63, 3.8) is 0 Å². The van der Waals surface area contributed by atoms with E-state index in [1.807, 2.05) is 57.2 Å². The molecule has 3 N–H and O–H groups in total. The third kappa shape index (κ3) is 14.3. The van der Waals surface area contributed by atoms with Gasteiger partial charge in [-0.3, -0.25) is 9.59 Å². The van der Waals surface area contributed by atoms with E-state index in [4.69, 9.17) is 23.7 Å². The highest BCUT2D eigenvalue weighted by molar-refractivity contribution is 5.94. The molecular weight excluding hydrogens is 743 g/mol. The molecule has 2 bridgehead atoms. The van der Waals surface area contributed by atoms with Gasteiger partial charge in [-0.15, -0.1) is 0 Å². The molecule has 9 atom stereocenters. The van der Waals surface area contributed by atoms with Gasteiger partial charge in [0.05, 0.1) is 0 Å². The summed E-state index contributed by atoms with van der Waals surface area (Å²) < 4.78 is 29.2. The first kappa shape index (κ1) is 52.4. The number of benzene rings is 1. The zero-order chi connectivity index (χ0) is 44.9. The number of aliphatic hydroxyl groups is 2. The normalized spacial score (nSPS) is 26.0. The van der Waals surface area contributed by atoms with Crippen molar-refractivity contribution in [2.45, 2.75) is 182 Å². The smallest absolute Gasteiger partial charge is 0.345 e. The van der Waals surface area contributed by atoms with Crippen LogP contribution in [0, 0.1) is 17.8 Å². The van der Waals surface area contributed by atoms with Crippen molar-refractivity contribution in [3.05, 3.63) is 60.2 Å². The van der Waals surface area contributed by atoms with Gasteiger partial charge >= 0.3 is 17.9 Å². The molecule has 2 aliphatic heterocycles. The fourth-order valence-electron chi connectivity index (χ4n) is 7.05. The molecule has 2 saturated heterocycles. The summed E-state index contributed by atoms with van der Waals surface area (Å²) in [6, 6.07) is 9.78. The molecule has 58 heavy (non-hydrogen) atoms. The first-order valence-corrected chi connectivity index (χ1v) is 20.8. The number of ether oxygens (including phenoxy) is 5. The van der Waals surface area contributed by atoms with E-state index in [0.717, 1.165) is 17.9 Å². The lowest BCUT2D eigenvalue weighted by atomic mass is 9.76. The number of rotatable bonds is 15. The van der Waals surface area contributed by atoms with Gasteiger partial charge in [0.2, 0.25) is 17.1 Å². The molecule has 0 radical (unpaired) electrons. The molecule has 12 nitrogen and oxygen atoms in total. The van der Waals surface area contributed by atoms with E-state index in [9.17, 15) is 29.4 Å². The number of hydrogen-bond acceptors (Lipinski definition) is 11. The molecule has 2 fully saturated rings. The van der Waals surface area contributed by atoms with Crippen LogP contribution in [0.4, 0.5) is 0 Å². The van der Waals surface area contributed by atoms with Crippen molar-refractivity contribution in [2.24, 2.45) is 17.8 Å². The van der Waals surface area contributed by atoms with Gasteiger partial charge in [0, 0.05) is 32.7 Å². The molecule has 2 aliphatic rings. The summed E-state index contributed by atoms with van der Waals surface area (Å²) in [5, 5.41) is 25.9.